The zero-order valence-corrected chi connectivity index (χ0v) is 32.0. The number of aliphatic carboxylic acids is 1. The lowest BCUT2D eigenvalue weighted by atomic mass is 9.96. The molecule has 0 heterocycles. The van der Waals surface area contributed by atoms with Gasteiger partial charge in [0.2, 0.25) is 29.5 Å². The lowest BCUT2D eigenvalue weighted by Gasteiger charge is -2.29. The lowest BCUT2D eigenvalue weighted by molar-refractivity contribution is -0.137. The van der Waals surface area contributed by atoms with Gasteiger partial charge in [0.1, 0.15) is 18.1 Å². The molecule has 0 saturated heterocycles. The van der Waals surface area contributed by atoms with Crippen LogP contribution in [-0.4, -0.2) is 83.9 Å². The van der Waals surface area contributed by atoms with E-state index < -0.39 is 42.0 Å². The first-order chi connectivity index (χ1) is 24.1. The Balaban J connectivity index is 3.17. The number of aryl methyl sites for hydroxylation is 1. The van der Waals surface area contributed by atoms with Gasteiger partial charge in [-0.1, -0.05) is 85.2 Å². The van der Waals surface area contributed by atoms with E-state index in [1.165, 1.54) is 0 Å². The van der Waals surface area contributed by atoms with E-state index in [1.807, 2.05) is 85.7 Å². The minimum absolute atomic E-state index is 0.0326. The molecule has 0 aliphatic carbocycles. The molecule has 5 amide bonds. The first-order valence-electron chi connectivity index (χ1n) is 18.6. The monoisotopic (exact) mass is 716 g/mol. The van der Waals surface area contributed by atoms with E-state index in [1.54, 1.807) is 0 Å². The van der Waals surface area contributed by atoms with Crippen molar-refractivity contribution in [2.45, 2.75) is 137 Å². The second kappa shape index (κ2) is 24.2. The molecule has 1 aromatic rings. The van der Waals surface area contributed by atoms with Crippen molar-refractivity contribution in [3.05, 3.63) is 35.9 Å². The molecule has 13 nitrogen and oxygen atoms in total. The zero-order valence-electron chi connectivity index (χ0n) is 32.0. The highest BCUT2D eigenvalue weighted by Crippen LogP contribution is 2.13. The van der Waals surface area contributed by atoms with Gasteiger partial charge in [0.15, 0.2) is 0 Å². The molecule has 288 valence electrons. The molecule has 0 aliphatic rings. The number of carboxylic acids is 1. The minimum atomic E-state index is -0.998. The van der Waals surface area contributed by atoms with Gasteiger partial charge in [-0.05, 0) is 62.3 Å². The van der Waals surface area contributed by atoms with Crippen LogP contribution in [0.3, 0.4) is 0 Å². The summed E-state index contributed by atoms with van der Waals surface area (Å²) < 4.78 is 0. The minimum Gasteiger partial charge on any atom is -0.481 e. The standard InChI is InChI=1S/C38H64N6O7/c1-9-26(8)34(43-31(45)18-15-19-32(46)47)38(51)42-30(21-20-27-16-13-12-14-17-27)36(49)41-28(22-24(4)5)23-40-29(10-2)35(48)44-33(25(6)7)37(50)39-11-3/h12-14,16-17,24-26,28-30,33-34,40H,9-11,15,18-23H2,1-8H3,(H,39,50)(H,41,49)(H,42,51)(H,43,45)(H,44,48)(H,46,47)/t26-,28-,29-,30-,33?,34-/m0/s1. The number of benzene rings is 1. The number of rotatable bonds is 25. The highest BCUT2D eigenvalue weighted by molar-refractivity contribution is 5.92. The molecular weight excluding hydrogens is 652 g/mol. The van der Waals surface area contributed by atoms with Crippen molar-refractivity contribution in [2.75, 3.05) is 13.1 Å². The Kier molecular flexibility index (Phi) is 21.4. The fourth-order valence-electron chi connectivity index (χ4n) is 5.68. The summed E-state index contributed by atoms with van der Waals surface area (Å²) >= 11 is 0. The van der Waals surface area contributed by atoms with Crippen LogP contribution in [0.25, 0.3) is 0 Å². The summed E-state index contributed by atoms with van der Waals surface area (Å²) in [6.45, 7) is 16.0. The summed E-state index contributed by atoms with van der Waals surface area (Å²) in [5, 5.41) is 26.6. The second-order valence-electron chi connectivity index (χ2n) is 14.1. The molecule has 0 radical (unpaired) electrons. The Morgan fingerprint density at radius 1 is 0.706 bits per heavy atom. The molecular formula is C38H64N6O7. The van der Waals surface area contributed by atoms with E-state index in [2.05, 4.69) is 31.9 Å². The van der Waals surface area contributed by atoms with Gasteiger partial charge in [0.05, 0.1) is 6.04 Å². The van der Waals surface area contributed by atoms with Crippen molar-refractivity contribution in [1.29, 1.82) is 0 Å². The zero-order chi connectivity index (χ0) is 38.5. The SMILES string of the molecule is CCNC(=O)C(NC(=O)[C@H](CC)NC[C@H](CC(C)C)NC(=O)[C@H](CCc1ccccc1)NC(=O)[C@@H](NC(=O)CCCC(=O)O)[C@@H](C)CC)C(C)C. The van der Waals surface area contributed by atoms with Gasteiger partial charge >= 0.3 is 5.97 Å². The Labute approximate surface area is 304 Å². The van der Waals surface area contributed by atoms with E-state index in [0.717, 1.165) is 5.56 Å². The van der Waals surface area contributed by atoms with Crippen molar-refractivity contribution in [3.8, 4) is 0 Å². The van der Waals surface area contributed by atoms with E-state index in [0.29, 0.717) is 38.6 Å². The number of carboxylic acid groups (broad SMARTS) is 1. The molecule has 6 atom stereocenters. The van der Waals surface area contributed by atoms with Gasteiger partial charge in [0, 0.05) is 32.0 Å². The van der Waals surface area contributed by atoms with Crippen LogP contribution in [0.4, 0.5) is 0 Å². The Morgan fingerprint density at radius 3 is 1.90 bits per heavy atom. The molecule has 0 saturated carbocycles. The third kappa shape index (κ3) is 17.7. The molecule has 1 aromatic carbocycles. The Morgan fingerprint density at radius 2 is 1.35 bits per heavy atom. The normalized spacial score (nSPS) is 14.8. The van der Waals surface area contributed by atoms with Crippen molar-refractivity contribution < 1.29 is 33.9 Å². The highest BCUT2D eigenvalue weighted by Gasteiger charge is 2.32. The van der Waals surface area contributed by atoms with Gasteiger partial charge in [0.25, 0.3) is 0 Å². The van der Waals surface area contributed by atoms with Crippen molar-refractivity contribution in [1.82, 2.24) is 31.9 Å². The highest BCUT2D eigenvalue weighted by atomic mass is 16.4. The maximum absolute atomic E-state index is 14.0. The van der Waals surface area contributed by atoms with Crippen LogP contribution >= 0.6 is 0 Å². The molecule has 0 bridgehead atoms. The molecule has 0 aliphatic heterocycles. The third-order valence-corrected chi connectivity index (χ3v) is 8.84. The molecule has 1 rings (SSSR count). The Hall–Kier alpha value is -4.00. The molecule has 0 fully saturated rings. The van der Waals surface area contributed by atoms with E-state index in [4.69, 9.17) is 5.11 Å². The number of amides is 5. The predicted molar refractivity (Wildman–Crippen MR) is 198 cm³/mol. The number of hydrogen-bond acceptors (Lipinski definition) is 7. The summed E-state index contributed by atoms with van der Waals surface area (Å²) in [5.41, 5.74) is 0.999. The summed E-state index contributed by atoms with van der Waals surface area (Å²) in [6.07, 6.45) is 2.44. The first kappa shape index (κ1) is 45.0. The largest absolute Gasteiger partial charge is 0.481 e. The number of nitrogens with one attached hydrogen (secondary N) is 6. The molecule has 13 heteroatoms. The molecule has 0 spiro atoms. The van der Waals surface area contributed by atoms with Crippen LogP contribution < -0.4 is 31.9 Å². The van der Waals surface area contributed by atoms with Crippen molar-refractivity contribution >= 4 is 35.5 Å². The topological polar surface area (TPSA) is 195 Å². The van der Waals surface area contributed by atoms with Gasteiger partial charge in [-0.2, -0.15) is 0 Å². The number of hydrogen-bond donors (Lipinski definition) is 7. The molecule has 7 N–H and O–H groups in total. The van der Waals surface area contributed by atoms with Gasteiger partial charge < -0.3 is 37.0 Å². The van der Waals surface area contributed by atoms with Crippen LogP contribution in [0.1, 0.15) is 106 Å². The van der Waals surface area contributed by atoms with Crippen LogP contribution in [0, 0.1) is 17.8 Å². The number of likely N-dealkylation sites (N-methyl/N-ethyl adjacent to an activating group) is 1. The van der Waals surface area contributed by atoms with Crippen molar-refractivity contribution in [2.24, 2.45) is 17.8 Å². The van der Waals surface area contributed by atoms with Crippen LogP contribution in [0.15, 0.2) is 30.3 Å². The fourth-order valence-corrected chi connectivity index (χ4v) is 5.68. The third-order valence-electron chi connectivity index (χ3n) is 8.84. The first-order valence-corrected chi connectivity index (χ1v) is 18.6. The van der Waals surface area contributed by atoms with Crippen molar-refractivity contribution in [3.63, 3.8) is 0 Å². The van der Waals surface area contributed by atoms with Gasteiger partial charge in [-0.25, -0.2) is 0 Å². The maximum Gasteiger partial charge on any atom is 0.303 e. The van der Waals surface area contributed by atoms with E-state index in [9.17, 15) is 28.8 Å². The molecule has 1 unspecified atom stereocenters. The van der Waals surface area contributed by atoms with Crippen LogP contribution in [0.5, 0.6) is 0 Å². The summed E-state index contributed by atoms with van der Waals surface area (Å²) in [4.78, 5) is 77.1. The summed E-state index contributed by atoms with van der Waals surface area (Å²) in [5.74, 6) is -2.98. The fraction of sp³-hybridized carbons (Fsp3) is 0.684. The molecule has 51 heavy (non-hydrogen) atoms. The summed E-state index contributed by atoms with van der Waals surface area (Å²) in [6, 6.07) is 6.14. The average Bonchev–Trinajstić information content (AvgIpc) is 3.07. The van der Waals surface area contributed by atoms with Gasteiger partial charge in [-0.3, -0.25) is 28.8 Å². The molecule has 0 aromatic heterocycles. The predicted octanol–water partition coefficient (Wildman–Crippen LogP) is 3.07. The second-order valence-corrected chi connectivity index (χ2v) is 14.1. The quantitative estimate of drug-likeness (QED) is 0.0802. The van der Waals surface area contributed by atoms with Crippen LogP contribution in [-0.2, 0) is 35.2 Å². The average molecular weight is 717 g/mol. The lowest BCUT2D eigenvalue weighted by Crippen LogP contribution is -2.58. The number of carbonyl (C=O) groups is 6. The smallest absolute Gasteiger partial charge is 0.303 e. The van der Waals surface area contributed by atoms with E-state index in [-0.39, 0.29) is 67.3 Å². The van der Waals surface area contributed by atoms with Crippen LogP contribution in [0.2, 0.25) is 0 Å². The van der Waals surface area contributed by atoms with Gasteiger partial charge in [-0.15, -0.1) is 0 Å². The maximum atomic E-state index is 14.0. The van der Waals surface area contributed by atoms with E-state index >= 15 is 0 Å². The Bertz CT molecular complexity index is 1240. The number of carbonyl (C=O) groups excluding carboxylic acids is 5. The summed E-state index contributed by atoms with van der Waals surface area (Å²) in [7, 11) is 0.